The standard InChI is InChI=1S/C26H28N2O5/c29-23-24(30)33-26(32-23)14-7-16-28(25(26)31)22-12-5-4-10-20(22)13-17-27-15-6-11-21(18-27)19-8-2-1-3-9-19/h1-5,8-10,12,21H,6-7,11,13-18H2. The van der Waals surface area contributed by atoms with E-state index in [4.69, 9.17) is 9.47 Å². The van der Waals surface area contributed by atoms with Gasteiger partial charge >= 0.3 is 23.6 Å². The van der Waals surface area contributed by atoms with Crippen LogP contribution >= 0.6 is 0 Å². The van der Waals surface area contributed by atoms with Crippen LogP contribution in [0.2, 0.25) is 0 Å². The molecule has 0 aromatic heterocycles. The van der Waals surface area contributed by atoms with Crippen LogP contribution in [0.5, 0.6) is 0 Å². The third-order valence-corrected chi connectivity index (χ3v) is 6.90. The summed E-state index contributed by atoms with van der Waals surface area (Å²) < 4.78 is 10.2. The minimum absolute atomic E-state index is 0.191. The second kappa shape index (κ2) is 8.98. The summed E-state index contributed by atoms with van der Waals surface area (Å²) in [5, 5.41) is 0. The molecule has 5 rings (SSSR count). The summed E-state index contributed by atoms with van der Waals surface area (Å²) in [6.45, 7) is 3.50. The molecule has 172 valence electrons. The van der Waals surface area contributed by atoms with E-state index in [1.165, 1.54) is 18.4 Å². The lowest BCUT2D eigenvalue weighted by molar-refractivity contribution is -0.192. The van der Waals surface area contributed by atoms with E-state index in [0.29, 0.717) is 18.9 Å². The summed E-state index contributed by atoms with van der Waals surface area (Å²) in [6.07, 6.45) is 3.94. The van der Waals surface area contributed by atoms with Gasteiger partial charge in [-0.1, -0.05) is 48.5 Å². The summed E-state index contributed by atoms with van der Waals surface area (Å²) in [4.78, 5) is 40.6. The Bertz CT molecular complexity index is 1040. The first kappa shape index (κ1) is 21.6. The van der Waals surface area contributed by atoms with Crippen molar-refractivity contribution in [2.75, 3.05) is 31.1 Å². The van der Waals surface area contributed by atoms with Crippen molar-refractivity contribution >= 4 is 23.5 Å². The lowest BCUT2D eigenvalue weighted by Gasteiger charge is -2.37. The second-order valence-corrected chi connectivity index (χ2v) is 9.02. The lowest BCUT2D eigenvalue weighted by atomic mass is 9.90. The lowest BCUT2D eigenvalue weighted by Crippen LogP contribution is -2.55. The zero-order chi connectivity index (χ0) is 22.8. The van der Waals surface area contributed by atoms with Crippen LogP contribution in [-0.4, -0.2) is 54.7 Å². The summed E-state index contributed by atoms with van der Waals surface area (Å²) in [7, 11) is 0. The van der Waals surface area contributed by atoms with Crippen LogP contribution in [0.25, 0.3) is 0 Å². The molecule has 0 saturated carbocycles. The van der Waals surface area contributed by atoms with Gasteiger partial charge < -0.3 is 19.3 Å². The minimum atomic E-state index is -1.81. The number of hydrogen-bond donors (Lipinski definition) is 0. The summed E-state index contributed by atoms with van der Waals surface area (Å²) in [6, 6.07) is 18.5. The zero-order valence-corrected chi connectivity index (χ0v) is 18.6. The molecule has 3 aliphatic rings. The Balaban J connectivity index is 1.29. The third-order valence-electron chi connectivity index (χ3n) is 6.90. The van der Waals surface area contributed by atoms with Crippen molar-refractivity contribution < 1.29 is 23.9 Å². The fraction of sp³-hybridized carbons (Fsp3) is 0.423. The molecule has 3 aliphatic heterocycles. The summed E-state index contributed by atoms with van der Waals surface area (Å²) >= 11 is 0. The molecule has 2 aromatic rings. The first-order chi connectivity index (χ1) is 16.1. The van der Waals surface area contributed by atoms with Crippen LogP contribution < -0.4 is 4.90 Å². The first-order valence-electron chi connectivity index (χ1n) is 11.7. The van der Waals surface area contributed by atoms with E-state index >= 15 is 0 Å². The molecule has 1 atom stereocenters. The number of hydrogen-bond acceptors (Lipinski definition) is 6. The van der Waals surface area contributed by atoms with Crippen molar-refractivity contribution in [3.63, 3.8) is 0 Å². The molecule has 3 fully saturated rings. The molecule has 0 aliphatic carbocycles. The number of piperidine rings is 2. The predicted octanol–water partition coefficient (Wildman–Crippen LogP) is 3.03. The van der Waals surface area contributed by atoms with Crippen molar-refractivity contribution in [3.05, 3.63) is 65.7 Å². The smallest absolute Gasteiger partial charge is 0.405 e. The number of anilines is 1. The number of rotatable bonds is 5. The molecule has 33 heavy (non-hydrogen) atoms. The topological polar surface area (TPSA) is 76.2 Å². The maximum atomic E-state index is 13.3. The van der Waals surface area contributed by atoms with Crippen LogP contribution in [0.3, 0.4) is 0 Å². The van der Waals surface area contributed by atoms with Crippen LogP contribution in [0, 0.1) is 0 Å². The van der Waals surface area contributed by atoms with Crippen LogP contribution in [-0.2, 0) is 30.3 Å². The summed E-state index contributed by atoms with van der Waals surface area (Å²) in [5.74, 6) is -3.95. The Labute approximate surface area is 193 Å². The number of nitrogens with zero attached hydrogens (tertiary/aromatic N) is 2. The van der Waals surface area contributed by atoms with Gasteiger partial charge in [0.25, 0.3) is 0 Å². The third kappa shape index (κ3) is 4.25. The van der Waals surface area contributed by atoms with Crippen molar-refractivity contribution in [3.8, 4) is 0 Å². The predicted molar refractivity (Wildman–Crippen MR) is 122 cm³/mol. The van der Waals surface area contributed by atoms with Gasteiger partial charge in [0.2, 0.25) is 0 Å². The molecule has 0 N–H and O–H groups in total. The average molecular weight is 449 g/mol. The minimum Gasteiger partial charge on any atom is -0.405 e. The molecular formula is C26H28N2O5. The van der Waals surface area contributed by atoms with Gasteiger partial charge in [-0.15, -0.1) is 0 Å². The maximum absolute atomic E-state index is 13.3. The van der Waals surface area contributed by atoms with Gasteiger partial charge in [-0.05, 0) is 55.3 Å². The number of ether oxygens (including phenoxy) is 2. The van der Waals surface area contributed by atoms with Crippen molar-refractivity contribution in [2.45, 2.75) is 43.8 Å². The Morgan fingerprint density at radius 1 is 0.879 bits per heavy atom. The van der Waals surface area contributed by atoms with Crippen LogP contribution in [0.1, 0.15) is 42.7 Å². The van der Waals surface area contributed by atoms with Gasteiger partial charge in [0, 0.05) is 31.7 Å². The molecule has 2 aromatic carbocycles. The normalized spacial score (nSPS) is 23.0. The van der Waals surface area contributed by atoms with E-state index in [0.717, 1.165) is 37.3 Å². The zero-order valence-electron chi connectivity index (χ0n) is 18.6. The molecular weight excluding hydrogens is 420 g/mol. The highest BCUT2D eigenvalue weighted by molar-refractivity contribution is 6.32. The number of carbonyl (C=O) groups is 3. The van der Waals surface area contributed by atoms with Crippen molar-refractivity contribution in [1.29, 1.82) is 0 Å². The fourth-order valence-corrected chi connectivity index (χ4v) is 5.23. The Morgan fingerprint density at radius 2 is 1.61 bits per heavy atom. The molecule has 7 nitrogen and oxygen atoms in total. The highest BCUT2D eigenvalue weighted by Crippen LogP contribution is 2.36. The number of carbonyl (C=O) groups excluding carboxylic acids is 3. The second-order valence-electron chi connectivity index (χ2n) is 9.02. The fourth-order valence-electron chi connectivity index (χ4n) is 5.23. The van der Waals surface area contributed by atoms with E-state index < -0.39 is 23.6 Å². The molecule has 0 radical (unpaired) electrons. The van der Waals surface area contributed by atoms with Crippen LogP contribution in [0.4, 0.5) is 5.69 Å². The molecule has 3 heterocycles. The Kier molecular flexibility index (Phi) is 5.89. The van der Waals surface area contributed by atoms with E-state index in [1.807, 2.05) is 24.3 Å². The Hall–Kier alpha value is -3.19. The highest BCUT2D eigenvalue weighted by Gasteiger charge is 2.58. The SMILES string of the molecule is O=C1OC2(CCCN(c3ccccc3CCN3CCCC(c4ccccc4)C3)C2=O)OC1=O. The van der Waals surface area contributed by atoms with Crippen LogP contribution in [0.15, 0.2) is 54.6 Å². The van der Waals surface area contributed by atoms with E-state index in [1.54, 1.807) is 4.90 Å². The molecule has 3 saturated heterocycles. The number of benzene rings is 2. The van der Waals surface area contributed by atoms with Gasteiger partial charge in [-0.25, -0.2) is 9.59 Å². The van der Waals surface area contributed by atoms with Crippen molar-refractivity contribution in [2.24, 2.45) is 0 Å². The maximum Gasteiger partial charge on any atom is 0.421 e. The Morgan fingerprint density at radius 3 is 2.39 bits per heavy atom. The molecule has 1 spiro atoms. The number of esters is 2. The largest absolute Gasteiger partial charge is 0.421 e. The van der Waals surface area contributed by atoms with E-state index in [2.05, 4.69) is 35.2 Å². The van der Waals surface area contributed by atoms with E-state index in [-0.39, 0.29) is 6.42 Å². The molecule has 0 bridgehead atoms. The van der Waals surface area contributed by atoms with Gasteiger partial charge in [0.05, 0.1) is 0 Å². The monoisotopic (exact) mass is 448 g/mol. The average Bonchev–Trinajstić information content (AvgIpc) is 3.14. The first-order valence-corrected chi connectivity index (χ1v) is 11.7. The van der Waals surface area contributed by atoms with Crippen molar-refractivity contribution in [1.82, 2.24) is 4.90 Å². The molecule has 7 heteroatoms. The quantitative estimate of drug-likeness (QED) is 0.517. The number of para-hydroxylation sites is 1. The molecule has 1 unspecified atom stereocenters. The van der Waals surface area contributed by atoms with E-state index in [9.17, 15) is 14.4 Å². The number of amides is 1. The van der Waals surface area contributed by atoms with Gasteiger partial charge in [0.15, 0.2) is 0 Å². The highest BCUT2D eigenvalue weighted by atomic mass is 16.8. The van der Waals surface area contributed by atoms with Gasteiger partial charge in [-0.2, -0.15) is 0 Å². The van der Waals surface area contributed by atoms with Gasteiger partial charge in [0.1, 0.15) is 0 Å². The van der Waals surface area contributed by atoms with Gasteiger partial charge in [-0.3, -0.25) is 4.79 Å². The molecule has 1 amide bonds. The summed E-state index contributed by atoms with van der Waals surface area (Å²) in [5.41, 5.74) is 3.24. The number of likely N-dealkylation sites (tertiary alicyclic amines) is 1.